The zero-order valence-electron chi connectivity index (χ0n) is 14.1. The quantitative estimate of drug-likeness (QED) is 0.425. The molecule has 3 aromatic rings. The second-order valence-electron chi connectivity index (χ2n) is 5.60. The van der Waals surface area contributed by atoms with Crippen molar-refractivity contribution in [3.05, 3.63) is 70.0 Å². The van der Waals surface area contributed by atoms with Crippen LogP contribution >= 0.6 is 27.7 Å². The Morgan fingerprint density at radius 1 is 1.16 bits per heavy atom. The van der Waals surface area contributed by atoms with Crippen LogP contribution in [0.25, 0.3) is 5.69 Å². The fourth-order valence-corrected chi connectivity index (χ4v) is 3.60. The summed E-state index contributed by atoms with van der Waals surface area (Å²) in [6.45, 7) is 4.03. The monoisotopic (exact) mass is 415 g/mol. The number of halogens is 1. The van der Waals surface area contributed by atoms with E-state index in [4.69, 9.17) is 0 Å². The lowest BCUT2D eigenvalue weighted by Gasteiger charge is -2.09. The third-order valence-electron chi connectivity index (χ3n) is 3.84. The number of nitrogens with zero attached hydrogens (tertiary/aromatic N) is 3. The Morgan fingerprint density at radius 2 is 1.92 bits per heavy atom. The van der Waals surface area contributed by atoms with Gasteiger partial charge in [0, 0.05) is 22.1 Å². The van der Waals surface area contributed by atoms with E-state index in [-0.39, 0.29) is 5.78 Å². The summed E-state index contributed by atoms with van der Waals surface area (Å²) in [6.07, 6.45) is 0.780. The second kappa shape index (κ2) is 7.97. The summed E-state index contributed by atoms with van der Waals surface area (Å²) in [7, 11) is 0. The van der Waals surface area contributed by atoms with E-state index in [9.17, 15) is 4.79 Å². The number of Topliss-reactive ketones (excluding diaryl/α,β-unsaturated/α-hetero) is 1. The first-order valence-electron chi connectivity index (χ1n) is 8.02. The van der Waals surface area contributed by atoms with Crippen LogP contribution in [0.4, 0.5) is 0 Å². The van der Waals surface area contributed by atoms with Crippen molar-refractivity contribution in [2.45, 2.75) is 25.4 Å². The van der Waals surface area contributed by atoms with Crippen molar-refractivity contribution in [3.8, 4) is 5.69 Å². The number of benzene rings is 2. The van der Waals surface area contributed by atoms with Crippen LogP contribution in [-0.4, -0.2) is 26.3 Å². The molecule has 4 nitrogen and oxygen atoms in total. The first-order chi connectivity index (χ1) is 12.1. The number of aryl methyl sites for hydroxylation is 2. The van der Waals surface area contributed by atoms with Crippen LogP contribution in [0, 0.1) is 6.92 Å². The van der Waals surface area contributed by atoms with Crippen LogP contribution in [0.15, 0.2) is 58.2 Å². The molecule has 0 bridgehead atoms. The zero-order chi connectivity index (χ0) is 17.8. The zero-order valence-corrected chi connectivity index (χ0v) is 16.5. The molecule has 0 aliphatic carbocycles. The SMILES string of the molecule is CCc1nnc(SCC(=O)c2ccc(Br)c(C)c2)n1-c1ccccc1. The standard InChI is InChI=1S/C19H18BrN3OS/c1-3-18-21-22-19(23(18)15-7-5-4-6-8-15)25-12-17(24)14-9-10-16(20)13(2)11-14/h4-11H,3,12H2,1-2H3. The van der Waals surface area contributed by atoms with E-state index in [1.807, 2.05) is 66.9 Å². The van der Waals surface area contributed by atoms with Gasteiger partial charge in [0.1, 0.15) is 5.82 Å². The van der Waals surface area contributed by atoms with Crippen molar-refractivity contribution in [1.82, 2.24) is 14.8 Å². The Hall–Kier alpha value is -1.92. The summed E-state index contributed by atoms with van der Waals surface area (Å²) in [5.74, 6) is 1.30. The van der Waals surface area contributed by atoms with E-state index in [2.05, 4.69) is 26.1 Å². The van der Waals surface area contributed by atoms with Crippen molar-refractivity contribution in [2.75, 3.05) is 5.75 Å². The first kappa shape index (κ1) is 17.9. The molecule has 1 heterocycles. The maximum Gasteiger partial charge on any atom is 0.196 e. The number of rotatable bonds is 6. The van der Waals surface area contributed by atoms with Gasteiger partial charge in [0.25, 0.3) is 0 Å². The van der Waals surface area contributed by atoms with Crippen LogP contribution in [0.5, 0.6) is 0 Å². The molecule has 0 N–H and O–H groups in total. The molecule has 3 rings (SSSR count). The van der Waals surface area contributed by atoms with Gasteiger partial charge in [-0.15, -0.1) is 10.2 Å². The van der Waals surface area contributed by atoms with Crippen molar-refractivity contribution >= 4 is 33.5 Å². The molecule has 0 aliphatic heterocycles. The van der Waals surface area contributed by atoms with Gasteiger partial charge in [0.2, 0.25) is 0 Å². The third kappa shape index (κ3) is 4.02. The van der Waals surface area contributed by atoms with Crippen LogP contribution in [0.3, 0.4) is 0 Å². The number of aromatic nitrogens is 3. The van der Waals surface area contributed by atoms with Crippen molar-refractivity contribution < 1.29 is 4.79 Å². The van der Waals surface area contributed by atoms with E-state index in [0.717, 1.165) is 38.7 Å². The highest BCUT2D eigenvalue weighted by Crippen LogP contribution is 2.24. The molecule has 0 spiro atoms. The minimum atomic E-state index is 0.0845. The number of carbonyl (C=O) groups excluding carboxylic acids is 1. The first-order valence-corrected chi connectivity index (χ1v) is 9.80. The van der Waals surface area contributed by atoms with Crippen LogP contribution in [-0.2, 0) is 6.42 Å². The number of thioether (sulfide) groups is 1. The molecule has 0 atom stereocenters. The Balaban J connectivity index is 1.81. The topological polar surface area (TPSA) is 47.8 Å². The average Bonchev–Trinajstić information content (AvgIpc) is 3.05. The Kier molecular flexibility index (Phi) is 5.71. The van der Waals surface area contributed by atoms with Gasteiger partial charge in [-0.2, -0.15) is 0 Å². The van der Waals surface area contributed by atoms with Gasteiger partial charge in [-0.1, -0.05) is 58.9 Å². The summed E-state index contributed by atoms with van der Waals surface area (Å²) in [4.78, 5) is 12.5. The van der Waals surface area contributed by atoms with E-state index in [1.165, 1.54) is 11.8 Å². The molecule has 0 amide bonds. The minimum absolute atomic E-state index is 0.0845. The van der Waals surface area contributed by atoms with Crippen LogP contribution in [0.2, 0.25) is 0 Å². The number of carbonyl (C=O) groups is 1. The molecule has 0 radical (unpaired) electrons. The van der Waals surface area contributed by atoms with E-state index in [0.29, 0.717) is 5.75 Å². The summed E-state index contributed by atoms with van der Waals surface area (Å²) in [5.41, 5.74) is 2.78. The largest absolute Gasteiger partial charge is 0.293 e. The predicted octanol–water partition coefficient (Wildman–Crippen LogP) is 4.88. The molecule has 0 saturated heterocycles. The van der Waals surface area contributed by atoms with E-state index >= 15 is 0 Å². The maximum absolute atomic E-state index is 12.5. The lowest BCUT2D eigenvalue weighted by Crippen LogP contribution is -2.06. The fraction of sp³-hybridized carbons (Fsp3) is 0.211. The summed E-state index contributed by atoms with van der Waals surface area (Å²) in [6, 6.07) is 15.7. The normalized spacial score (nSPS) is 10.8. The molecule has 128 valence electrons. The number of hydrogen-bond acceptors (Lipinski definition) is 4. The Bertz CT molecular complexity index is 893. The molecule has 0 aliphatic rings. The highest BCUT2D eigenvalue weighted by Gasteiger charge is 2.15. The van der Waals surface area contributed by atoms with Gasteiger partial charge < -0.3 is 0 Å². The van der Waals surface area contributed by atoms with Crippen molar-refractivity contribution in [1.29, 1.82) is 0 Å². The molecule has 25 heavy (non-hydrogen) atoms. The average molecular weight is 416 g/mol. The number of para-hydroxylation sites is 1. The van der Waals surface area contributed by atoms with Gasteiger partial charge in [-0.05, 0) is 36.8 Å². The molecule has 0 unspecified atom stereocenters. The van der Waals surface area contributed by atoms with Crippen LogP contribution in [0.1, 0.15) is 28.7 Å². The van der Waals surface area contributed by atoms with E-state index < -0.39 is 0 Å². The van der Waals surface area contributed by atoms with Gasteiger partial charge in [0.05, 0.1) is 5.75 Å². The molecule has 1 aromatic heterocycles. The van der Waals surface area contributed by atoms with Gasteiger partial charge in [0.15, 0.2) is 10.9 Å². The van der Waals surface area contributed by atoms with Crippen LogP contribution < -0.4 is 0 Å². The number of hydrogen-bond donors (Lipinski definition) is 0. The highest BCUT2D eigenvalue weighted by molar-refractivity contribution is 9.10. The summed E-state index contributed by atoms with van der Waals surface area (Å²) >= 11 is 4.88. The highest BCUT2D eigenvalue weighted by atomic mass is 79.9. The lowest BCUT2D eigenvalue weighted by atomic mass is 10.1. The van der Waals surface area contributed by atoms with E-state index in [1.54, 1.807) is 0 Å². The second-order valence-corrected chi connectivity index (χ2v) is 7.40. The summed E-state index contributed by atoms with van der Waals surface area (Å²) < 4.78 is 3.03. The minimum Gasteiger partial charge on any atom is -0.293 e. The molecular weight excluding hydrogens is 398 g/mol. The van der Waals surface area contributed by atoms with Crippen molar-refractivity contribution in [3.63, 3.8) is 0 Å². The molecule has 0 saturated carbocycles. The predicted molar refractivity (Wildman–Crippen MR) is 105 cm³/mol. The number of ketones is 1. The fourth-order valence-electron chi connectivity index (χ4n) is 2.49. The van der Waals surface area contributed by atoms with Crippen molar-refractivity contribution in [2.24, 2.45) is 0 Å². The smallest absolute Gasteiger partial charge is 0.196 e. The Labute approximate surface area is 159 Å². The molecule has 2 aromatic carbocycles. The third-order valence-corrected chi connectivity index (χ3v) is 5.66. The Morgan fingerprint density at radius 3 is 2.60 bits per heavy atom. The molecule has 0 fully saturated rings. The maximum atomic E-state index is 12.5. The summed E-state index contributed by atoms with van der Waals surface area (Å²) in [5, 5.41) is 9.28. The molecular formula is C19H18BrN3OS. The van der Waals surface area contributed by atoms with Gasteiger partial charge in [-0.3, -0.25) is 9.36 Å². The van der Waals surface area contributed by atoms with Gasteiger partial charge in [-0.25, -0.2) is 0 Å². The lowest BCUT2D eigenvalue weighted by molar-refractivity contribution is 0.102. The van der Waals surface area contributed by atoms with Gasteiger partial charge >= 0.3 is 0 Å². The molecule has 6 heteroatoms.